The maximum Gasteiger partial charge on any atom is 0.241 e. The summed E-state index contributed by atoms with van der Waals surface area (Å²) in [4.78, 5) is 0.215. The topological polar surface area (TPSA) is 66.4 Å². The summed E-state index contributed by atoms with van der Waals surface area (Å²) in [5.41, 5.74) is 1.87. The normalized spacial score (nSPS) is 13.0. The second-order valence-electron chi connectivity index (χ2n) is 5.51. The van der Waals surface area contributed by atoms with Gasteiger partial charge in [-0.25, -0.2) is 13.1 Å². The average molecular weight is 333 g/mol. The maximum absolute atomic E-state index is 12.5. The van der Waals surface area contributed by atoms with Crippen LogP contribution in [0, 0.1) is 0 Å². The molecule has 5 heteroatoms. The highest BCUT2D eigenvalue weighted by molar-refractivity contribution is 7.89. The van der Waals surface area contributed by atoms with Gasteiger partial charge in [0.15, 0.2) is 0 Å². The number of rotatable bonds is 8. The van der Waals surface area contributed by atoms with Crippen LogP contribution < -0.4 is 4.72 Å². The highest BCUT2D eigenvalue weighted by Gasteiger charge is 2.20. The van der Waals surface area contributed by atoms with Crippen molar-refractivity contribution in [1.29, 1.82) is 0 Å². The van der Waals surface area contributed by atoms with Crippen LogP contribution in [0.4, 0.5) is 0 Å². The lowest BCUT2D eigenvalue weighted by Gasteiger charge is -2.17. The summed E-state index contributed by atoms with van der Waals surface area (Å²) >= 11 is 0. The number of hydrogen-bond donors (Lipinski definition) is 2. The van der Waals surface area contributed by atoms with Crippen molar-refractivity contribution in [1.82, 2.24) is 4.72 Å². The van der Waals surface area contributed by atoms with Gasteiger partial charge in [-0.3, -0.25) is 0 Å². The van der Waals surface area contributed by atoms with Crippen LogP contribution in [-0.2, 0) is 16.4 Å². The standard InChI is InChI=1S/C18H23NO3S/c1-2-3-7-15-10-12-17(13-11-15)23(21,22)19-18(14-20)16-8-5-4-6-9-16/h4-6,8-13,18-20H,2-3,7,14H2,1H3. The van der Waals surface area contributed by atoms with Gasteiger partial charge >= 0.3 is 0 Å². The molecule has 0 spiro atoms. The van der Waals surface area contributed by atoms with E-state index in [0.717, 1.165) is 30.4 Å². The first kappa shape index (κ1) is 17.7. The van der Waals surface area contributed by atoms with Crippen LogP contribution in [0.5, 0.6) is 0 Å². The first-order valence-electron chi connectivity index (χ1n) is 7.84. The van der Waals surface area contributed by atoms with Gasteiger partial charge in [0.1, 0.15) is 0 Å². The Morgan fingerprint density at radius 3 is 2.26 bits per heavy atom. The Bertz CT molecular complexity index is 697. The minimum absolute atomic E-state index is 0.215. The fraction of sp³-hybridized carbons (Fsp3) is 0.333. The first-order valence-corrected chi connectivity index (χ1v) is 9.32. The van der Waals surface area contributed by atoms with Crippen LogP contribution in [-0.4, -0.2) is 20.1 Å². The second-order valence-corrected chi connectivity index (χ2v) is 7.23. The van der Waals surface area contributed by atoms with Crippen LogP contribution in [0.2, 0.25) is 0 Å². The van der Waals surface area contributed by atoms with Crippen molar-refractivity contribution in [3.05, 3.63) is 65.7 Å². The van der Waals surface area contributed by atoms with E-state index in [4.69, 9.17) is 0 Å². The highest BCUT2D eigenvalue weighted by Crippen LogP contribution is 2.18. The summed E-state index contributed by atoms with van der Waals surface area (Å²) in [6.07, 6.45) is 3.15. The van der Waals surface area contributed by atoms with Crippen LogP contribution in [0.3, 0.4) is 0 Å². The van der Waals surface area contributed by atoms with Gasteiger partial charge in [-0.15, -0.1) is 0 Å². The van der Waals surface area contributed by atoms with Crippen LogP contribution in [0.25, 0.3) is 0 Å². The van der Waals surface area contributed by atoms with E-state index in [1.54, 1.807) is 24.3 Å². The molecule has 0 radical (unpaired) electrons. The number of aryl methyl sites for hydroxylation is 1. The van der Waals surface area contributed by atoms with Gasteiger partial charge < -0.3 is 5.11 Å². The molecule has 2 rings (SSSR count). The Morgan fingerprint density at radius 2 is 1.70 bits per heavy atom. The molecule has 23 heavy (non-hydrogen) atoms. The zero-order valence-corrected chi connectivity index (χ0v) is 14.1. The SMILES string of the molecule is CCCCc1ccc(S(=O)(=O)NC(CO)c2ccccc2)cc1. The average Bonchev–Trinajstić information content (AvgIpc) is 2.59. The van der Waals surface area contributed by atoms with Crippen molar-refractivity contribution >= 4 is 10.0 Å². The summed E-state index contributed by atoms with van der Waals surface area (Å²) < 4.78 is 27.5. The molecular weight excluding hydrogens is 310 g/mol. The zero-order chi connectivity index (χ0) is 16.7. The van der Waals surface area contributed by atoms with Crippen molar-refractivity contribution in [2.75, 3.05) is 6.61 Å². The molecule has 0 fully saturated rings. The molecular formula is C18H23NO3S. The molecule has 2 N–H and O–H groups in total. The van der Waals surface area contributed by atoms with Crippen molar-refractivity contribution in [3.8, 4) is 0 Å². The van der Waals surface area contributed by atoms with Crippen LogP contribution >= 0.6 is 0 Å². The Kier molecular flexibility index (Phi) is 6.33. The van der Waals surface area contributed by atoms with Crippen molar-refractivity contribution < 1.29 is 13.5 Å². The van der Waals surface area contributed by atoms with E-state index in [9.17, 15) is 13.5 Å². The van der Waals surface area contributed by atoms with E-state index in [1.807, 2.05) is 30.3 Å². The Morgan fingerprint density at radius 1 is 1.04 bits per heavy atom. The van der Waals surface area contributed by atoms with E-state index in [-0.39, 0.29) is 11.5 Å². The Labute approximate surface area is 138 Å². The maximum atomic E-state index is 12.5. The third kappa shape index (κ3) is 4.89. The number of sulfonamides is 1. The fourth-order valence-electron chi connectivity index (χ4n) is 2.37. The number of hydrogen-bond acceptors (Lipinski definition) is 3. The zero-order valence-electron chi connectivity index (χ0n) is 13.3. The van der Waals surface area contributed by atoms with E-state index in [1.165, 1.54) is 0 Å². The molecule has 0 aromatic heterocycles. The van der Waals surface area contributed by atoms with Gasteiger partial charge in [-0.05, 0) is 36.1 Å². The van der Waals surface area contributed by atoms with E-state index >= 15 is 0 Å². The van der Waals surface area contributed by atoms with Gasteiger partial charge in [-0.1, -0.05) is 55.8 Å². The highest BCUT2D eigenvalue weighted by atomic mass is 32.2. The lowest BCUT2D eigenvalue weighted by atomic mass is 10.1. The number of unbranched alkanes of at least 4 members (excludes halogenated alkanes) is 1. The molecule has 4 nitrogen and oxygen atoms in total. The molecule has 0 aliphatic carbocycles. The number of aliphatic hydroxyl groups excluding tert-OH is 1. The molecule has 1 unspecified atom stereocenters. The largest absolute Gasteiger partial charge is 0.394 e. The molecule has 2 aromatic carbocycles. The summed E-state index contributed by atoms with van der Waals surface area (Å²) in [5.74, 6) is 0. The predicted octanol–water partition coefficient (Wildman–Crippen LogP) is 3.04. The molecule has 0 heterocycles. The predicted molar refractivity (Wildman–Crippen MR) is 91.6 cm³/mol. The number of nitrogens with one attached hydrogen (secondary N) is 1. The molecule has 1 atom stereocenters. The van der Waals surface area contributed by atoms with Crippen LogP contribution in [0.1, 0.15) is 36.9 Å². The second kappa shape index (κ2) is 8.24. The van der Waals surface area contributed by atoms with Crippen molar-refractivity contribution in [2.45, 2.75) is 37.1 Å². The Balaban J connectivity index is 2.14. The molecule has 0 aliphatic rings. The van der Waals surface area contributed by atoms with Gasteiger partial charge in [-0.2, -0.15) is 0 Å². The molecule has 2 aromatic rings. The molecule has 0 saturated heterocycles. The van der Waals surface area contributed by atoms with E-state index in [2.05, 4.69) is 11.6 Å². The summed E-state index contributed by atoms with van der Waals surface area (Å²) in [6.45, 7) is 1.83. The molecule has 0 aliphatic heterocycles. The van der Waals surface area contributed by atoms with Gasteiger partial charge in [0.25, 0.3) is 0 Å². The van der Waals surface area contributed by atoms with Crippen molar-refractivity contribution in [2.24, 2.45) is 0 Å². The minimum Gasteiger partial charge on any atom is -0.394 e. The summed E-state index contributed by atoms with van der Waals surface area (Å²) in [5, 5.41) is 9.50. The van der Waals surface area contributed by atoms with Gasteiger partial charge in [0.2, 0.25) is 10.0 Å². The third-order valence-electron chi connectivity index (χ3n) is 3.73. The monoisotopic (exact) mass is 333 g/mol. The molecule has 0 bridgehead atoms. The van der Waals surface area contributed by atoms with Crippen molar-refractivity contribution in [3.63, 3.8) is 0 Å². The van der Waals surface area contributed by atoms with E-state index < -0.39 is 16.1 Å². The molecule has 0 saturated carbocycles. The summed E-state index contributed by atoms with van der Waals surface area (Å²) in [7, 11) is -3.67. The molecule has 124 valence electrons. The lowest BCUT2D eigenvalue weighted by Crippen LogP contribution is -2.30. The smallest absolute Gasteiger partial charge is 0.241 e. The lowest BCUT2D eigenvalue weighted by molar-refractivity contribution is 0.259. The van der Waals surface area contributed by atoms with Gasteiger partial charge in [0.05, 0.1) is 17.5 Å². The number of benzene rings is 2. The summed E-state index contributed by atoms with van der Waals surface area (Å²) in [6, 6.07) is 15.3. The first-order chi connectivity index (χ1) is 11.1. The van der Waals surface area contributed by atoms with Crippen LogP contribution in [0.15, 0.2) is 59.5 Å². The molecule has 0 amide bonds. The fourth-order valence-corrected chi connectivity index (χ4v) is 3.58. The van der Waals surface area contributed by atoms with E-state index in [0.29, 0.717) is 0 Å². The quantitative estimate of drug-likeness (QED) is 0.780. The van der Waals surface area contributed by atoms with Gasteiger partial charge in [0, 0.05) is 0 Å². The Hall–Kier alpha value is -1.69. The minimum atomic E-state index is -3.67. The number of aliphatic hydroxyl groups is 1. The third-order valence-corrected chi connectivity index (χ3v) is 5.22.